The van der Waals surface area contributed by atoms with Crippen LogP contribution in [0.2, 0.25) is 0 Å². The van der Waals surface area contributed by atoms with Crippen LogP contribution < -0.4 is 16.0 Å². The van der Waals surface area contributed by atoms with Crippen LogP contribution in [0.4, 0.5) is 11.6 Å². The normalized spacial score (nSPS) is 15.5. The fraction of sp³-hybridized carbons (Fsp3) is 0.583. The number of nitrogens with one attached hydrogen (secondary N) is 1. The van der Waals surface area contributed by atoms with Gasteiger partial charge in [-0.25, -0.2) is 9.97 Å². The number of aromatic nitrogens is 2. The SMILES string of the molecule is CC(=O)N1CCN(c2cc(NCCN)ncn2)CC1. The Bertz CT molecular complexity index is 430. The molecule has 3 N–H and O–H groups in total. The van der Waals surface area contributed by atoms with Gasteiger partial charge < -0.3 is 20.9 Å². The van der Waals surface area contributed by atoms with Gasteiger partial charge in [0.25, 0.3) is 0 Å². The van der Waals surface area contributed by atoms with Crippen molar-refractivity contribution in [2.75, 3.05) is 49.5 Å². The summed E-state index contributed by atoms with van der Waals surface area (Å²) < 4.78 is 0. The van der Waals surface area contributed by atoms with Gasteiger partial charge in [-0.05, 0) is 0 Å². The molecule has 1 aliphatic heterocycles. The zero-order valence-corrected chi connectivity index (χ0v) is 11.2. The molecule has 7 nitrogen and oxygen atoms in total. The van der Waals surface area contributed by atoms with Crippen molar-refractivity contribution in [2.45, 2.75) is 6.92 Å². The summed E-state index contributed by atoms with van der Waals surface area (Å²) in [5, 5.41) is 3.13. The van der Waals surface area contributed by atoms with Crippen LogP contribution in [0.15, 0.2) is 12.4 Å². The maximum atomic E-state index is 11.3. The Kier molecular flexibility index (Phi) is 4.51. The third-order valence-electron chi connectivity index (χ3n) is 3.15. The van der Waals surface area contributed by atoms with Crippen LogP contribution in [0.1, 0.15) is 6.92 Å². The van der Waals surface area contributed by atoms with Crippen molar-refractivity contribution in [1.82, 2.24) is 14.9 Å². The van der Waals surface area contributed by atoms with Gasteiger partial charge in [0.1, 0.15) is 18.0 Å². The zero-order chi connectivity index (χ0) is 13.7. The summed E-state index contributed by atoms with van der Waals surface area (Å²) in [7, 11) is 0. The molecule has 1 fully saturated rings. The van der Waals surface area contributed by atoms with Crippen LogP contribution in [-0.2, 0) is 4.79 Å². The summed E-state index contributed by atoms with van der Waals surface area (Å²) in [5.74, 6) is 1.80. The van der Waals surface area contributed by atoms with Gasteiger partial charge in [-0.1, -0.05) is 0 Å². The van der Waals surface area contributed by atoms with Gasteiger partial charge in [0.15, 0.2) is 0 Å². The average Bonchev–Trinajstić information content (AvgIpc) is 2.45. The Labute approximate surface area is 112 Å². The lowest BCUT2D eigenvalue weighted by Gasteiger charge is -2.34. The Morgan fingerprint density at radius 1 is 1.37 bits per heavy atom. The molecule has 7 heteroatoms. The summed E-state index contributed by atoms with van der Waals surface area (Å²) in [6.45, 7) is 5.94. The van der Waals surface area contributed by atoms with Crippen LogP contribution in [0.25, 0.3) is 0 Å². The molecular weight excluding hydrogens is 244 g/mol. The van der Waals surface area contributed by atoms with Gasteiger partial charge in [-0.3, -0.25) is 4.79 Å². The number of piperazine rings is 1. The maximum absolute atomic E-state index is 11.3. The lowest BCUT2D eigenvalue weighted by molar-refractivity contribution is -0.129. The first-order chi connectivity index (χ1) is 9.20. The van der Waals surface area contributed by atoms with E-state index in [0.717, 1.165) is 37.8 Å². The van der Waals surface area contributed by atoms with Crippen molar-refractivity contribution in [3.63, 3.8) is 0 Å². The van der Waals surface area contributed by atoms with Gasteiger partial charge >= 0.3 is 0 Å². The lowest BCUT2D eigenvalue weighted by atomic mass is 10.3. The first kappa shape index (κ1) is 13.5. The van der Waals surface area contributed by atoms with E-state index in [1.54, 1.807) is 13.3 Å². The molecule has 0 aromatic carbocycles. The first-order valence-electron chi connectivity index (χ1n) is 6.47. The van der Waals surface area contributed by atoms with Crippen molar-refractivity contribution >= 4 is 17.5 Å². The molecule has 1 aromatic rings. The highest BCUT2D eigenvalue weighted by Crippen LogP contribution is 2.16. The molecular formula is C12H20N6O. The number of hydrogen-bond acceptors (Lipinski definition) is 6. The molecule has 19 heavy (non-hydrogen) atoms. The molecule has 1 amide bonds. The maximum Gasteiger partial charge on any atom is 0.219 e. The van der Waals surface area contributed by atoms with Crippen LogP contribution >= 0.6 is 0 Å². The summed E-state index contributed by atoms with van der Waals surface area (Å²) in [4.78, 5) is 23.7. The third kappa shape index (κ3) is 3.54. The van der Waals surface area contributed by atoms with Crippen molar-refractivity contribution < 1.29 is 4.79 Å². The van der Waals surface area contributed by atoms with E-state index < -0.39 is 0 Å². The monoisotopic (exact) mass is 264 g/mol. The third-order valence-corrected chi connectivity index (χ3v) is 3.15. The highest BCUT2D eigenvalue weighted by molar-refractivity contribution is 5.73. The molecule has 0 radical (unpaired) electrons. The number of hydrogen-bond donors (Lipinski definition) is 2. The number of nitrogens with zero attached hydrogens (tertiary/aromatic N) is 4. The minimum absolute atomic E-state index is 0.132. The van der Waals surface area contributed by atoms with Gasteiger partial charge in [-0.2, -0.15) is 0 Å². The van der Waals surface area contributed by atoms with E-state index in [-0.39, 0.29) is 5.91 Å². The van der Waals surface area contributed by atoms with E-state index in [4.69, 9.17) is 5.73 Å². The zero-order valence-electron chi connectivity index (χ0n) is 11.2. The number of carbonyl (C=O) groups excluding carboxylic acids is 1. The number of carbonyl (C=O) groups is 1. The van der Waals surface area contributed by atoms with Crippen LogP contribution in [-0.4, -0.2) is 60.0 Å². The molecule has 104 valence electrons. The van der Waals surface area contributed by atoms with Gasteiger partial charge in [0.05, 0.1) is 0 Å². The Balaban J connectivity index is 1.97. The fourth-order valence-electron chi connectivity index (χ4n) is 2.07. The van der Waals surface area contributed by atoms with Crippen LogP contribution in [0, 0.1) is 0 Å². The molecule has 0 unspecified atom stereocenters. The molecule has 1 saturated heterocycles. The average molecular weight is 264 g/mol. The molecule has 2 rings (SSSR count). The molecule has 0 spiro atoms. The van der Waals surface area contributed by atoms with Gasteiger partial charge in [0.2, 0.25) is 5.91 Å². The molecule has 0 saturated carbocycles. The number of anilines is 2. The lowest BCUT2D eigenvalue weighted by Crippen LogP contribution is -2.48. The standard InChI is InChI=1S/C12H20N6O/c1-10(19)17-4-6-18(7-5-17)12-8-11(14-3-2-13)15-9-16-12/h8-9H,2-7,13H2,1H3,(H,14,15,16). The van der Waals surface area contributed by atoms with E-state index in [2.05, 4.69) is 20.2 Å². The number of nitrogens with two attached hydrogens (primary N) is 1. The predicted octanol–water partition coefficient (Wildman–Crippen LogP) is -0.484. The largest absolute Gasteiger partial charge is 0.369 e. The van der Waals surface area contributed by atoms with Gasteiger partial charge in [-0.15, -0.1) is 0 Å². The Morgan fingerprint density at radius 3 is 2.74 bits per heavy atom. The molecule has 1 aliphatic rings. The number of rotatable bonds is 4. The highest BCUT2D eigenvalue weighted by Gasteiger charge is 2.19. The first-order valence-corrected chi connectivity index (χ1v) is 6.47. The summed E-state index contributed by atoms with van der Waals surface area (Å²) >= 11 is 0. The van der Waals surface area contributed by atoms with E-state index >= 15 is 0 Å². The Hall–Kier alpha value is -1.89. The molecule has 1 aromatic heterocycles. The quantitative estimate of drug-likeness (QED) is 0.763. The Morgan fingerprint density at radius 2 is 2.11 bits per heavy atom. The predicted molar refractivity (Wildman–Crippen MR) is 74.0 cm³/mol. The van der Waals surface area contributed by atoms with Crippen LogP contribution in [0.5, 0.6) is 0 Å². The van der Waals surface area contributed by atoms with Crippen molar-refractivity contribution in [3.8, 4) is 0 Å². The summed E-state index contributed by atoms with van der Waals surface area (Å²) in [6.07, 6.45) is 1.55. The molecule has 0 aliphatic carbocycles. The topological polar surface area (TPSA) is 87.4 Å². The van der Waals surface area contributed by atoms with Crippen molar-refractivity contribution in [2.24, 2.45) is 5.73 Å². The second-order valence-corrected chi connectivity index (χ2v) is 4.47. The second-order valence-electron chi connectivity index (χ2n) is 4.47. The van der Waals surface area contributed by atoms with Crippen molar-refractivity contribution in [1.29, 1.82) is 0 Å². The minimum atomic E-state index is 0.132. The smallest absolute Gasteiger partial charge is 0.219 e. The van der Waals surface area contributed by atoms with Crippen LogP contribution in [0.3, 0.4) is 0 Å². The molecule has 0 atom stereocenters. The highest BCUT2D eigenvalue weighted by atomic mass is 16.2. The van der Waals surface area contributed by atoms with Gasteiger partial charge in [0, 0.05) is 52.3 Å². The van der Waals surface area contributed by atoms with E-state index in [1.807, 2.05) is 11.0 Å². The minimum Gasteiger partial charge on any atom is -0.369 e. The summed E-state index contributed by atoms with van der Waals surface area (Å²) in [5.41, 5.74) is 5.45. The summed E-state index contributed by atoms with van der Waals surface area (Å²) in [6, 6.07) is 1.92. The van der Waals surface area contributed by atoms with E-state index in [9.17, 15) is 4.79 Å². The second kappa shape index (κ2) is 6.33. The molecule has 2 heterocycles. The van der Waals surface area contributed by atoms with E-state index in [1.165, 1.54) is 0 Å². The fourth-order valence-corrected chi connectivity index (χ4v) is 2.07. The molecule has 0 bridgehead atoms. The van der Waals surface area contributed by atoms with E-state index in [0.29, 0.717) is 13.1 Å². The van der Waals surface area contributed by atoms with Crippen molar-refractivity contribution in [3.05, 3.63) is 12.4 Å². The number of amides is 1.